The second kappa shape index (κ2) is 5.75. The van der Waals surface area contributed by atoms with Crippen LogP contribution in [0.5, 0.6) is 5.75 Å². The summed E-state index contributed by atoms with van der Waals surface area (Å²) in [6.45, 7) is 6.44. The second-order valence-corrected chi connectivity index (χ2v) is 4.89. The first kappa shape index (κ1) is 13.4. The third kappa shape index (κ3) is 3.05. The summed E-state index contributed by atoms with van der Waals surface area (Å²) in [5, 5.41) is 0. The molecule has 0 bridgehead atoms. The SMILES string of the molecule is COc1ccccc1C=Cc1c(C)cc(C)cc1C. The van der Waals surface area contributed by atoms with Crippen LogP contribution < -0.4 is 4.74 Å². The molecule has 1 nitrogen and oxygen atoms in total. The third-order valence-electron chi connectivity index (χ3n) is 3.31. The highest BCUT2D eigenvalue weighted by Crippen LogP contribution is 2.23. The highest BCUT2D eigenvalue weighted by atomic mass is 16.5. The van der Waals surface area contributed by atoms with Crippen LogP contribution in [-0.4, -0.2) is 7.11 Å². The molecule has 0 amide bonds. The molecule has 0 radical (unpaired) electrons. The van der Waals surface area contributed by atoms with Gasteiger partial charge in [0.05, 0.1) is 7.11 Å². The molecule has 0 aliphatic carbocycles. The molecule has 0 spiro atoms. The van der Waals surface area contributed by atoms with E-state index in [9.17, 15) is 0 Å². The van der Waals surface area contributed by atoms with E-state index in [1.54, 1.807) is 7.11 Å². The Labute approximate surface area is 115 Å². The largest absolute Gasteiger partial charge is 0.496 e. The van der Waals surface area contributed by atoms with Crippen LogP contribution in [0.4, 0.5) is 0 Å². The molecule has 0 aliphatic heterocycles. The average Bonchev–Trinajstić information content (AvgIpc) is 2.38. The molecule has 2 aromatic carbocycles. The first-order valence-electron chi connectivity index (χ1n) is 6.51. The zero-order valence-electron chi connectivity index (χ0n) is 12.0. The average molecular weight is 252 g/mol. The van der Waals surface area contributed by atoms with Gasteiger partial charge in [0.2, 0.25) is 0 Å². The standard InChI is InChI=1S/C18H20O/c1-13-11-14(2)17(15(3)12-13)10-9-16-7-5-6-8-18(16)19-4/h5-12H,1-4H3. The van der Waals surface area contributed by atoms with E-state index < -0.39 is 0 Å². The van der Waals surface area contributed by atoms with E-state index in [2.05, 4.69) is 51.1 Å². The second-order valence-electron chi connectivity index (χ2n) is 4.89. The Bertz CT molecular complexity index is 586. The molecule has 0 atom stereocenters. The lowest BCUT2D eigenvalue weighted by Gasteiger charge is -2.08. The summed E-state index contributed by atoms with van der Waals surface area (Å²) in [6.07, 6.45) is 4.28. The fourth-order valence-electron chi connectivity index (χ4n) is 2.43. The maximum atomic E-state index is 5.36. The van der Waals surface area contributed by atoms with Gasteiger partial charge in [0.15, 0.2) is 0 Å². The number of benzene rings is 2. The Morgan fingerprint density at radius 2 is 1.53 bits per heavy atom. The lowest BCUT2D eigenvalue weighted by molar-refractivity contribution is 0.414. The summed E-state index contributed by atoms with van der Waals surface area (Å²) in [4.78, 5) is 0. The van der Waals surface area contributed by atoms with E-state index in [0.29, 0.717) is 0 Å². The smallest absolute Gasteiger partial charge is 0.126 e. The van der Waals surface area contributed by atoms with Crippen LogP contribution in [0.25, 0.3) is 12.2 Å². The van der Waals surface area contributed by atoms with Gasteiger partial charge in [0.25, 0.3) is 0 Å². The monoisotopic (exact) mass is 252 g/mol. The Hall–Kier alpha value is -2.02. The van der Waals surface area contributed by atoms with Crippen LogP contribution in [0.15, 0.2) is 36.4 Å². The summed E-state index contributed by atoms with van der Waals surface area (Å²) >= 11 is 0. The number of methoxy groups -OCH3 is 1. The quantitative estimate of drug-likeness (QED) is 0.714. The van der Waals surface area contributed by atoms with Gasteiger partial charge in [-0.15, -0.1) is 0 Å². The Morgan fingerprint density at radius 1 is 0.895 bits per heavy atom. The third-order valence-corrected chi connectivity index (χ3v) is 3.31. The summed E-state index contributed by atoms with van der Waals surface area (Å²) in [7, 11) is 1.70. The van der Waals surface area contributed by atoms with E-state index in [1.807, 2.05) is 18.2 Å². The highest BCUT2D eigenvalue weighted by Gasteiger charge is 2.01. The summed E-state index contributed by atoms with van der Waals surface area (Å²) in [5.41, 5.74) is 6.32. The molecule has 2 rings (SSSR count). The van der Waals surface area contributed by atoms with Gasteiger partial charge >= 0.3 is 0 Å². The molecule has 98 valence electrons. The van der Waals surface area contributed by atoms with Gasteiger partial charge in [-0.2, -0.15) is 0 Å². The van der Waals surface area contributed by atoms with Gasteiger partial charge in [0, 0.05) is 5.56 Å². The fraction of sp³-hybridized carbons (Fsp3) is 0.222. The minimum Gasteiger partial charge on any atom is -0.496 e. The minimum atomic E-state index is 0.904. The Kier molecular flexibility index (Phi) is 4.06. The van der Waals surface area contributed by atoms with E-state index in [4.69, 9.17) is 4.74 Å². The van der Waals surface area contributed by atoms with Crippen molar-refractivity contribution < 1.29 is 4.74 Å². The fourth-order valence-corrected chi connectivity index (χ4v) is 2.43. The van der Waals surface area contributed by atoms with Gasteiger partial charge in [-0.3, -0.25) is 0 Å². The van der Waals surface area contributed by atoms with Crippen LogP contribution in [0.3, 0.4) is 0 Å². The number of rotatable bonds is 3. The van der Waals surface area contributed by atoms with Crippen molar-refractivity contribution in [1.82, 2.24) is 0 Å². The van der Waals surface area contributed by atoms with Crippen molar-refractivity contribution in [1.29, 1.82) is 0 Å². The molecular formula is C18H20O. The zero-order valence-corrected chi connectivity index (χ0v) is 12.0. The first-order chi connectivity index (χ1) is 9.11. The van der Waals surface area contributed by atoms with Crippen molar-refractivity contribution in [2.24, 2.45) is 0 Å². The first-order valence-corrected chi connectivity index (χ1v) is 6.51. The van der Waals surface area contributed by atoms with Gasteiger partial charge < -0.3 is 4.74 Å². The molecule has 0 fully saturated rings. The molecule has 0 N–H and O–H groups in total. The van der Waals surface area contributed by atoms with Crippen molar-refractivity contribution >= 4 is 12.2 Å². The van der Waals surface area contributed by atoms with Crippen LogP contribution >= 0.6 is 0 Å². The van der Waals surface area contributed by atoms with E-state index in [1.165, 1.54) is 22.3 Å². The molecule has 0 saturated carbocycles. The lowest BCUT2D eigenvalue weighted by Crippen LogP contribution is -1.89. The molecule has 0 unspecified atom stereocenters. The number of hydrogen-bond acceptors (Lipinski definition) is 1. The van der Waals surface area contributed by atoms with Crippen molar-refractivity contribution in [3.63, 3.8) is 0 Å². The van der Waals surface area contributed by atoms with Crippen molar-refractivity contribution in [2.45, 2.75) is 20.8 Å². The summed E-state index contributed by atoms with van der Waals surface area (Å²) in [6, 6.07) is 12.5. The van der Waals surface area contributed by atoms with Crippen molar-refractivity contribution in [2.75, 3.05) is 7.11 Å². The van der Waals surface area contributed by atoms with Crippen molar-refractivity contribution in [3.8, 4) is 5.75 Å². The van der Waals surface area contributed by atoms with Crippen LogP contribution in [0, 0.1) is 20.8 Å². The van der Waals surface area contributed by atoms with Crippen LogP contribution in [0.2, 0.25) is 0 Å². The number of para-hydroxylation sites is 1. The van der Waals surface area contributed by atoms with E-state index in [-0.39, 0.29) is 0 Å². The van der Waals surface area contributed by atoms with Crippen LogP contribution in [0.1, 0.15) is 27.8 Å². The van der Waals surface area contributed by atoms with Gasteiger partial charge in [-0.05, 0) is 43.5 Å². The predicted molar refractivity (Wildman–Crippen MR) is 82.6 cm³/mol. The Balaban J connectivity index is 2.38. The highest BCUT2D eigenvalue weighted by molar-refractivity contribution is 5.75. The van der Waals surface area contributed by atoms with Gasteiger partial charge in [0.1, 0.15) is 5.75 Å². The predicted octanol–water partition coefficient (Wildman–Crippen LogP) is 4.79. The van der Waals surface area contributed by atoms with E-state index in [0.717, 1.165) is 11.3 Å². The zero-order chi connectivity index (χ0) is 13.8. The van der Waals surface area contributed by atoms with Gasteiger partial charge in [-0.25, -0.2) is 0 Å². The lowest BCUT2D eigenvalue weighted by atomic mass is 9.99. The van der Waals surface area contributed by atoms with Crippen LogP contribution in [-0.2, 0) is 0 Å². The number of ether oxygens (including phenoxy) is 1. The number of aryl methyl sites for hydroxylation is 3. The number of hydrogen-bond donors (Lipinski definition) is 0. The Morgan fingerprint density at radius 3 is 2.16 bits per heavy atom. The maximum absolute atomic E-state index is 5.36. The molecule has 0 heterocycles. The molecule has 2 aromatic rings. The summed E-state index contributed by atoms with van der Waals surface area (Å²) in [5.74, 6) is 0.904. The molecule has 19 heavy (non-hydrogen) atoms. The molecule has 1 heteroatoms. The van der Waals surface area contributed by atoms with E-state index >= 15 is 0 Å². The van der Waals surface area contributed by atoms with Crippen molar-refractivity contribution in [3.05, 3.63) is 64.2 Å². The normalized spacial score (nSPS) is 10.9. The van der Waals surface area contributed by atoms with Gasteiger partial charge in [-0.1, -0.05) is 48.0 Å². The molecule has 0 aliphatic rings. The minimum absolute atomic E-state index is 0.904. The topological polar surface area (TPSA) is 9.23 Å². The molecule has 0 aromatic heterocycles. The molecule has 0 saturated heterocycles. The molecular weight excluding hydrogens is 232 g/mol. The maximum Gasteiger partial charge on any atom is 0.126 e. The summed E-state index contributed by atoms with van der Waals surface area (Å²) < 4.78 is 5.36.